The third-order valence-electron chi connectivity index (χ3n) is 3.34. The van der Waals surface area contributed by atoms with Crippen molar-refractivity contribution in [2.24, 2.45) is 0 Å². The molecule has 0 saturated carbocycles. The Kier molecular flexibility index (Phi) is 4.78. The first-order chi connectivity index (χ1) is 9.85. The molecule has 2 aromatic rings. The highest BCUT2D eigenvalue weighted by Gasteiger charge is 2.08. The number of benzene rings is 1. The van der Waals surface area contributed by atoms with Gasteiger partial charge in [0.15, 0.2) is 0 Å². The van der Waals surface area contributed by atoms with E-state index in [1.54, 1.807) is 6.07 Å². The van der Waals surface area contributed by atoms with Gasteiger partial charge in [0.25, 0.3) is 0 Å². The van der Waals surface area contributed by atoms with Crippen molar-refractivity contribution in [1.29, 1.82) is 0 Å². The summed E-state index contributed by atoms with van der Waals surface area (Å²) in [5.41, 5.74) is 3.18. The second-order valence-corrected chi connectivity index (χ2v) is 6.50. The number of rotatable bonds is 5. The third kappa shape index (κ3) is 4.67. The van der Waals surface area contributed by atoms with Crippen LogP contribution in [0.25, 0.3) is 5.69 Å². The lowest BCUT2D eigenvalue weighted by Crippen LogP contribution is -2.36. The van der Waals surface area contributed by atoms with Crippen LogP contribution in [0.3, 0.4) is 0 Å². The van der Waals surface area contributed by atoms with Gasteiger partial charge in [0.2, 0.25) is 0 Å². The van der Waals surface area contributed by atoms with Gasteiger partial charge in [0.05, 0.1) is 11.9 Å². The van der Waals surface area contributed by atoms with Gasteiger partial charge >= 0.3 is 0 Å². The maximum Gasteiger partial charge on any atom is 0.123 e. The molecule has 0 bridgehead atoms. The molecule has 114 valence electrons. The number of aromatic nitrogens is 2. The van der Waals surface area contributed by atoms with Gasteiger partial charge < -0.3 is 5.32 Å². The van der Waals surface area contributed by atoms with E-state index in [9.17, 15) is 4.39 Å². The van der Waals surface area contributed by atoms with E-state index in [2.05, 4.69) is 31.2 Å². The van der Waals surface area contributed by atoms with Gasteiger partial charge in [0, 0.05) is 11.7 Å². The lowest BCUT2D eigenvalue weighted by molar-refractivity contribution is 0.422. The summed E-state index contributed by atoms with van der Waals surface area (Å²) in [6, 6.07) is 4.77. The van der Waals surface area contributed by atoms with Gasteiger partial charge in [0.1, 0.15) is 5.82 Å². The Hall–Kier alpha value is -1.68. The first-order valence-corrected chi connectivity index (χ1v) is 7.40. The van der Waals surface area contributed by atoms with E-state index in [1.807, 2.05) is 24.0 Å². The van der Waals surface area contributed by atoms with E-state index in [4.69, 9.17) is 0 Å². The molecule has 2 rings (SSSR count). The van der Waals surface area contributed by atoms with Crippen LogP contribution < -0.4 is 5.32 Å². The number of halogens is 1. The second kappa shape index (κ2) is 6.39. The number of nitrogens with one attached hydrogen (secondary N) is 1. The zero-order valence-corrected chi connectivity index (χ0v) is 13.3. The van der Waals surface area contributed by atoms with Gasteiger partial charge in [-0.3, -0.25) is 0 Å². The van der Waals surface area contributed by atoms with Gasteiger partial charge in [-0.25, -0.2) is 9.07 Å². The molecule has 0 aliphatic rings. The molecule has 21 heavy (non-hydrogen) atoms. The van der Waals surface area contributed by atoms with Crippen molar-refractivity contribution in [2.75, 3.05) is 6.54 Å². The Morgan fingerprint density at radius 3 is 2.71 bits per heavy atom. The number of aryl methyl sites for hydroxylation is 2. The van der Waals surface area contributed by atoms with Crippen molar-refractivity contribution in [3.63, 3.8) is 0 Å². The number of hydrogen-bond donors (Lipinski definition) is 1. The average molecular weight is 289 g/mol. The largest absolute Gasteiger partial charge is 0.312 e. The maximum atomic E-state index is 13.1. The summed E-state index contributed by atoms with van der Waals surface area (Å²) >= 11 is 0. The Bertz CT molecular complexity index is 596. The minimum atomic E-state index is -0.211. The standard InChI is InChI=1S/C17H24FN3/c1-13-10-15(18)7-8-16(13)21-12-14(11-20-21)6-5-9-19-17(2,3)4/h7-8,10-12,19H,5-6,9H2,1-4H3. The Labute approximate surface area is 126 Å². The van der Waals surface area contributed by atoms with Gasteiger partial charge in [-0.1, -0.05) is 0 Å². The highest BCUT2D eigenvalue weighted by molar-refractivity contribution is 5.40. The lowest BCUT2D eigenvalue weighted by Gasteiger charge is -2.20. The van der Waals surface area contributed by atoms with E-state index >= 15 is 0 Å². The molecule has 0 fully saturated rings. The first-order valence-electron chi connectivity index (χ1n) is 7.40. The van der Waals surface area contributed by atoms with Crippen molar-refractivity contribution in [3.05, 3.63) is 47.5 Å². The highest BCUT2D eigenvalue weighted by atomic mass is 19.1. The molecule has 4 heteroatoms. The SMILES string of the molecule is Cc1cc(F)ccc1-n1cc(CCCNC(C)(C)C)cn1. The van der Waals surface area contributed by atoms with E-state index in [1.165, 1.54) is 17.7 Å². The molecule has 0 aliphatic carbocycles. The van der Waals surface area contributed by atoms with Crippen molar-refractivity contribution in [3.8, 4) is 5.69 Å². The van der Waals surface area contributed by atoms with Crippen molar-refractivity contribution in [1.82, 2.24) is 15.1 Å². The van der Waals surface area contributed by atoms with Crippen molar-refractivity contribution < 1.29 is 4.39 Å². The zero-order valence-electron chi connectivity index (χ0n) is 13.3. The number of hydrogen-bond acceptors (Lipinski definition) is 2. The lowest BCUT2D eigenvalue weighted by atomic mass is 10.1. The predicted octanol–water partition coefficient (Wildman–Crippen LogP) is 3.64. The Morgan fingerprint density at radius 2 is 2.05 bits per heavy atom. The quantitative estimate of drug-likeness (QED) is 0.852. The fourth-order valence-corrected chi connectivity index (χ4v) is 2.25. The maximum absolute atomic E-state index is 13.1. The average Bonchev–Trinajstić information content (AvgIpc) is 2.82. The summed E-state index contributed by atoms with van der Waals surface area (Å²) in [5.74, 6) is -0.211. The van der Waals surface area contributed by atoms with Gasteiger partial charge in [-0.05, 0) is 76.4 Å². The molecule has 1 heterocycles. The predicted molar refractivity (Wildman–Crippen MR) is 84.3 cm³/mol. The third-order valence-corrected chi connectivity index (χ3v) is 3.34. The number of nitrogens with zero attached hydrogens (tertiary/aromatic N) is 2. The Morgan fingerprint density at radius 1 is 1.29 bits per heavy atom. The molecule has 0 aliphatic heterocycles. The van der Waals surface area contributed by atoms with Crippen LogP contribution in [-0.2, 0) is 6.42 Å². The van der Waals surface area contributed by atoms with Crippen LogP contribution in [0.5, 0.6) is 0 Å². The summed E-state index contributed by atoms with van der Waals surface area (Å²) in [5, 5.41) is 7.86. The van der Waals surface area contributed by atoms with Crippen LogP contribution in [0.15, 0.2) is 30.6 Å². The smallest absolute Gasteiger partial charge is 0.123 e. The molecule has 0 amide bonds. The summed E-state index contributed by atoms with van der Waals surface area (Å²) in [6.45, 7) is 9.39. The molecule has 1 N–H and O–H groups in total. The zero-order chi connectivity index (χ0) is 15.5. The van der Waals surface area contributed by atoms with E-state index < -0.39 is 0 Å². The van der Waals surface area contributed by atoms with E-state index in [-0.39, 0.29) is 11.4 Å². The summed E-state index contributed by atoms with van der Waals surface area (Å²) in [6.07, 6.45) is 5.98. The van der Waals surface area contributed by atoms with Crippen molar-refractivity contribution >= 4 is 0 Å². The molecular formula is C17H24FN3. The normalized spacial score (nSPS) is 11.9. The summed E-state index contributed by atoms with van der Waals surface area (Å²) < 4.78 is 15.0. The molecule has 0 radical (unpaired) electrons. The monoisotopic (exact) mass is 289 g/mol. The van der Waals surface area contributed by atoms with Crippen LogP contribution in [0.2, 0.25) is 0 Å². The molecule has 0 unspecified atom stereocenters. The van der Waals surface area contributed by atoms with Crippen LogP contribution in [-0.4, -0.2) is 21.9 Å². The first kappa shape index (κ1) is 15.7. The summed E-state index contributed by atoms with van der Waals surface area (Å²) in [4.78, 5) is 0. The minimum absolute atomic E-state index is 0.162. The fraction of sp³-hybridized carbons (Fsp3) is 0.471. The molecule has 1 aromatic carbocycles. The van der Waals surface area contributed by atoms with E-state index in [0.717, 1.165) is 30.6 Å². The highest BCUT2D eigenvalue weighted by Crippen LogP contribution is 2.15. The molecule has 0 atom stereocenters. The molecule has 0 saturated heterocycles. The van der Waals surface area contributed by atoms with Gasteiger partial charge in [-0.15, -0.1) is 0 Å². The molecule has 0 spiro atoms. The Balaban J connectivity index is 1.95. The minimum Gasteiger partial charge on any atom is -0.312 e. The molecule has 1 aromatic heterocycles. The molecule has 3 nitrogen and oxygen atoms in total. The van der Waals surface area contributed by atoms with Crippen molar-refractivity contribution in [2.45, 2.75) is 46.1 Å². The van der Waals surface area contributed by atoms with Crippen LogP contribution in [0.4, 0.5) is 4.39 Å². The fourth-order valence-electron chi connectivity index (χ4n) is 2.25. The summed E-state index contributed by atoms with van der Waals surface area (Å²) in [7, 11) is 0. The second-order valence-electron chi connectivity index (χ2n) is 6.50. The topological polar surface area (TPSA) is 29.9 Å². The van der Waals surface area contributed by atoms with Gasteiger partial charge in [-0.2, -0.15) is 5.10 Å². The van der Waals surface area contributed by atoms with E-state index in [0.29, 0.717) is 0 Å². The van der Waals surface area contributed by atoms with Crippen LogP contribution >= 0.6 is 0 Å². The van der Waals surface area contributed by atoms with Crippen LogP contribution in [0.1, 0.15) is 38.3 Å². The molecular weight excluding hydrogens is 265 g/mol. The van der Waals surface area contributed by atoms with Crippen LogP contribution in [0, 0.1) is 12.7 Å².